The van der Waals surface area contributed by atoms with Crippen molar-refractivity contribution in [3.63, 3.8) is 0 Å². The van der Waals surface area contributed by atoms with E-state index in [0.717, 1.165) is 4.88 Å². The summed E-state index contributed by atoms with van der Waals surface area (Å²) in [7, 11) is 0. The van der Waals surface area contributed by atoms with E-state index in [-0.39, 0.29) is 11.7 Å². The molecule has 0 aromatic carbocycles. The van der Waals surface area contributed by atoms with Crippen LogP contribution in [0.25, 0.3) is 0 Å². The molecule has 0 aliphatic rings. The standard InChI is InChI=1S/C10H14OS/c1-6(2)10(11)9-5-7(3)8(4)12-9/h5-6H,1-4H3. The van der Waals surface area contributed by atoms with Crippen molar-refractivity contribution in [2.75, 3.05) is 0 Å². The monoisotopic (exact) mass is 182 g/mol. The number of hydrogen-bond acceptors (Lipinski definition) is 2. The molecule has 0 aliphatic heterocycles. The number of Topliss-reactive ketones (excluding diaryl/α,β-unsaturated/α-hetero) is 1. The van der Waals surface area contributed by atoms with Gasteiger partial charge in [0.1, 0.15) is 0 Å². The molecule has 0 unspecified atom stereocenters. The first kappa shape index (κ1) is 9.46. The van der Waals surface area contributed by atoms with Crippen molar-refractivity contribution < 1.29 is 4.79 Å². The third kappa shape index (κ3) is 1.75. The molecule has 1 aromatic heterocycles. The van der Waals surface area contributed by atoms with Gasteiger partial charge >= 0.3 is 0 Å². The molecule has 1 nitrogen and oxygen atoms in total. The average molecular weight is 182 g/mol. The maximum absolute atomic E-state index is 11.5. The molecule has 0 saturated carbocycles. The second kappa shape index (κ2) is 3.40. The Hall–Kier alpha value is -0.630. The summed E-state index contributed by atoms with van der Waals surface area (Å²) in [6.45, 7) is 7.97. The van der Waals surface area contributed by atoms with Gasteiger partial charge in [-0.05, 0) is 25.5 Å². The van der Waals surface area contributed by atoms with Gasteiger partial charge in [0.2, 0.25) is 0 Å². The van der Waals surface area contributed by atoms with E-state index >= 15 is 0 Å². The number of carbonyl (C=O) groups is 1. The molecular formula is C10H14OS. The topological polar surface area (TPSA) is 17.1 Å². The summed E-state index contributed by atoms with van der Waals surface area (Å²) in [6.07, 6.45) is 0. The van der Waals surface area contributed by atoms with Crippen molar-refractivity contribution in [2.24, 2.45) is 5.92 Å². The van der Waals surface area contributed by atoms with Crippen molar-refractivity contribution >= 4 is 17.1 Å². The van der Waals surface area contributed by atoms with E-state index in [4.69, 9.17) is 0 Å². The summed E-state index contributed by atoms with van der Waals surface area (Å²) >= 11 is 1.60. The molecule has 0 radical (unpaired) electrons. The molecule has 0 N–H and O–H groups in total. The van der Waals surface area contributed by atoms with Crippen LogP contribution < -0.4 is 0 Å². The van der Waals surface area contributed by atoms with E-state index in [1.165, 1.54) is 10.4 Å². The molecular weight excluding hydrogens is 168 g/mol. The lowest BCUT2D eigenvalue weighted by Crippen LogP contribution is -2.04. The highest BCUT2D eigenvalue weighted by Gasteiger charge is 2.13. The predicted molar refractivity (Wildman–Crippen MR) is 53.0 cm³/mol. The van der Waals surface area contributed by atoms with Crippen LogP contribution >= 0.6 is 11.3 Å². The summed E-state index contributed by atoms with van der Waals surface area (Å²) in [5.41, 5.74) is 1.23. The van der Waals surface area contributed by atoms with Crippen molar-refractivity contribution in [2.45, 2.75) is 27.7 Å². The van der Waals surface area contributed by atoms with Crippen LogP contribution in [-0.4, -0.2) is 5.78 Å². The minimum Gasteiger partial charge on any atom is -0.293 e. The fraction of sp³-hybridized carbons (Fsp3) is 0.500. The average Bonchev–Trinajstić information content (AvgIpc) is 2.30. The molecule has 2 heteroatoms. The van der Waals surface area contributed by atoms with Crippen LogP contribution in [0.15, 0.2) is 6.07 Å². The Morgan fingerprint density at radius 1 is 1.42 bits per heavy atom. The Morgan fingerprint density at radius 3 is 2.33 bits per heavy atom. The highest BCUT2D eigenvalue weighted by atomic mass is 32.1. The Balaban J connectivity index is 2.97. The van der Waals surface area contributed by atoms with E-state index in [2.05, 4.69) is 6.92 Å². The minimum absolute atomic E-state index is 0.113. The van der Waals surface area contributed by atoms with Gasteiger partial charge in [-0.1, -0.05) is 13.8 Å². The summed E-state index contributed by atoms with van der Waals surface area (Å²) in [4.78, 5) is 13.7. The maximum Gasteiger partial charge on any atom is 0.175 e. The second-order valence-corrected chi connectivity index (χ2v) is 4.63. The number of carbonyl (C=O) groups excluding carboxylic acids is 1. The fourth-order valence-electron chi connectivity index (χ4n) is 0.979. The number of ketones is 1. The number of thiophene rings is 1. The van der Waals surface area contributed by atoms with Gasteiger partial charge in [-0.3, -0.25) is 4.79 Å². The van der Waals surface area contributed by atoms with E-state index in [9.17, 15) is 4.79 Å². The SMILES string of the molecule is Cc1cc(C(=O)C(C)C)sc1C. The second-order valence-electron chi connectivity index (χ2n) is 3.37. The Bertz CT molecular complexity index is 277. The first-order chi connectivity index (χ1) is 5.52. The smallest absolute Gasteiger partial charge is 0.175 e. The molecule has 1 aromatic rings. The molecule has 0 bridgehead atoms. The normalized spacial score (nSPS) is 10.8. The fourth-order valence-corrected chi connectivity index (χ4v) is 2.10. The molecule has 66 valence electrons. The van der Waals surface area contributed by atoms with Crippen LogP contribution in [-0.2, 0) is 0 Å². The van der Waals surface area contributed by atoms with Gasteiger partial charge in [0.15, 0.2) is 5.78 Å². The van der Waals surface area contributed by atoms with Crippen LogP contribution in [0.3, 0.4) is 0 Å². The van der Waals surface area contributed by atoms with E-state index in [0.29, 0.717) is 0 Å². The number of rotatable bonds is 2. The van der Waals surface area contributed by atoms with Crippen LogP contribution in [0.1, 0.15) is 34.0 Å². The zero-order valence-corrected chi connectivity index (χ0v) is 8.79. The zero-order chi connectivity index (χ0) is 9.30. The van der Waals surface area contributed by atoms with Crippen molar-refractivity contribution in [1.82, 2.24) is 0 Å². The van der Waals surface area contributed by atoms with Crippen LogP contribution in [0.2, 0.25) is 0 Å². The number of hydrogen-bond donors (Lipinski definition) is 0. The van der Waals surface area contributed by atoms with E-state index in [1.54, 1.807) is 11.3 Å². The third-order valence-electron chi connectivity index (χ3n) is 1.93. The zero-order valence-electron chi connectivity index (χ0n) is 7.97. The lowest BCUT2D eigenvalue weighted by atomic mass is 10.1. The largest absolute Gasteiger partial charge is 0.293 e. The van der Waals surface area contributed by atoms with Crippen molar-refractivity contribution in [3.05, 3.63) is 21.4 Å². The van der Waals surface area contributed by atoms with E-state index in [1.807, 2.05) is 26.8 Å². The molecule has 1 heterocycles. The maximum atomic E-state index is 11.5. The van der Waals surface area contributed by atoms with Gasteiger partial charge in [-0.15, -0.1) is 11.3 Å². The Morgan fingerprint density at radius 2 is 2.00 bits per heavy atom. The van der Waals surface area contributed by atoms with E-state index < -0.39 is 0 Å². The number of aryl methyl sites for hydroxylation is 2. The van der Waals surface area contributed by atoms with Crippen molar-refractivity contribution in [1.29, 1.82) is 0 Å². The van der Waals surface area contributed by atoms with Gasteiger partial charge in [0.05, 0.1) is 4.88 Å². The Labute approximate surface area is 77.4 Å². The predicted octanol–water partition coefficient (Wildman–Crippen LogP) is 3.20. The minimum atomic E-state index is 0.113. The molecule has 0 spiro atoms. The van der Waals surface area contributed by atoms with Gasteiger partial charge < -0.3 is 0 Å². The highest BCUT2D eigenvalue weighted by Crippen LogP contribution is 2.22. The van der Waals surface area contributed by atoms with Gasteiger partial charge in [-0.25, -0.2) is 0 Å². The van der Waals surface area contributed by atoms with Gasteiger partial charge in [0.25, 0.3) is 0 Å². The third-order valence-corrected chi connectivity index (χ3v) is 3.10. The van der Waals surface area contributed by atoms with Crippen molar-refractivity contribution in [3.8, 4) is 0 Å². The first-order valence-electron chi connectivity index (χ1n) is 4.13. The summed E-state index contributed by atoms with van der Waals surface area (Å²) in [5.74, 6) is 0.374. The molecule has 12 heavy (non-hydrogen) atoms. The van der Waals surface area contributed by atoms with Gasteiger partial charge in [0, 0.05) is 10.8 Å². The van der Waals surface area contributed by atoms with Crippen LogP contribution in [0.4, 0.5) is 0 Å². The summed E-state index contributed by atoms with van der Waals surface area (Å²) in [5, 5.41) is 0. The molecule has 0 saturated heterocycles. The van der Waals surface area contributed by atoms with Crippen LogP contribution in [0.5, 0.6) is 0 Å². The summed E-state index contributed by atoms with van der Waals surface area (Å²) < 4.78 is 0. The lowest BCUT2D eigenvalue weighted by Gasteiger charge is -1.98. The molecule has 0 atom stereocenters. The molecule has 0 fully saturated rings. The summed E-state index contributed by atoms with van der Waals surface area (Å²) in [6, 6.07) is 1.99. The molecule has 0 aliphatic carbocycles. The quantitative estimate of drug-likeness (QED) is 0.642. The van der Waals surface area contributed by atoms with Gasteiger partial charge in [-0.2, -0.15) is 0 Å². The first-order valence-corrected chi connectivity index (χ1v) is 4.95. The highest BCUT2D eigenvalue weighted by molar-refractivity contribution is 7.14. The van der Waals surface area contributed by atoms with Crippen LogP contribution in [0, 0.1) is 19.8 Å². The molecule has 0 amide bonds. The lowest BCUT2D eigenvalue weighted by molar-refractivity contribution is 0.0943. The molecule has 1 rings (SSSR count). The Kier molecular flexibility index (Phi) is 2.68.